The van der Waals surface area contributed by atoms with Crippen molar-refractivity contribution in [3.8, 4) is 10.6 Å². The SMILES string of the molecule is O=C(NC1COC2(C1)CN(C(=O)c1ccc(-c3ccn[nH]3)s1)C2)c1ccccn1. The molecule has 1 unspecified atom stereocenters. The molecule has 148 valence electrons. The van der Waals surface area contributed by atoms with E-state index >= 15 is 0 Å². The highest BCUT2D eigenvalue weighted by Gasteiger charge is 2.51. The summed E-state index contributed by atoms with van der Waals surface area (Å²) in [5.41, 5.74) is 0.936. The predicted molar refractivity (Wildman–Crippen MR) is 107 cm³/mol. The van der Waals surface area contributed by atoms with Gasteiger partial charge in [-0.05, 0) is 30.3 Å². The van der Waals surface area contributed by atoms with E-state index < -0.39 is 0 Å². The number of carbonyl (C=O) groups excluding carboxylic acids is 2. The van der Waals surface area contributed by atoms with Gasteiger partial charge in [0.15, 0.2) is 0 Å². The van der Waals surface area contributed by atoms with Crippen LogP contribution < -0.4 is 5.32 Å². The summed E-state index contributed by atoms with van der Waals surface area (Å²) in [6.45, 7) is 1.53. The summed E-state index contributed by atoms with van der Waals surface area (Å²) in [4.78, 5) is 32.6. The minimum absolute atomic E-state index is 0.0101. The molecule has 29 heavy (non-hydrogen) atoms. The molecule has 1 spiro atoms. The fourth-order valence-electron chi connectivity index (χ4n) is 3.85. The van der Waals surface area contributed by atoms with Crippen LogP contribution in [0.1, 0.15) is 26.6 Å². The molecule has 5 heterocycles. The molecule has 0 saturated carbocycles. The smallest absolute Gasteiger partial charge is 0.270 e. The van der Waals surface area contributed by atoms with Crippen molar-refractivity contribution in [3.63, 3.8) is 0 Å². The summed E-state index contributed by atoms with van der Waals surface area (Å²) in [6, 6.07) is 10.8. The Morgan fingerprint density at radius 2 is 2.10 bits per heavy atom. The molecule has 0 aromatic carbocycles. The Morgan fingerprint density at radius 1 is 1.21 bits per heavy atom. The lowest BCUT2D eigenvalue weighted by Gasteiger charge is -2.46. The Kier molecular flexibility index (Phi) is 4.40. The van der Waals surface area contributed by atoms with E-state index in [1.807, 2.05) is 18.2 Å². The van der Waals surface area contributed by atoms with Crippen LogP contribution in [0.4, 0.5) is 0 Å². The Labute approximate surface area is 170 Å². The first-order chi connectivity index (χ1) is 14.1. The van der Waals surface area contributed by atoms with Crippen LogP contribution in [0, 0.1) is 0 Å². The Hall–Kier alpha value is -3.04. The number of aromatic amines is 1. The van der Waals surface area contributed by atoms with Gasteiger partial charge in [-0.3, -0.25) is 19.7 Å². The lowest BCUT2D eigenvalue weighted by Crippen LogP contribution is -2.63. The summed E-state index contributed by atoms with van der Waals surface area (Å²) in [7, 11) is 0. The first-order valence-corrected chi connectivity index (χ1v) is 10.2. The largest absolute Gasteiger partial charge is 0.369 e. The number of ether oxygens (including phenoxy) is 1. The maximum atomic E-state index is 12.8. The van der Waals surface area contributed by atoms with E-state index in [1.165, 1.54) is 11.3 Å². The first-order valence-electron chi connectivity index (χ1n) is 9.37. The summed E-state index contributed by atoms with van der Waals surface area (Å²) < 4.78 is 5.97. The number of rotatable bonds is 4. The molecule has 2 fully saturated rings. The normalized spacial score (nSPS) is 19.9. The molecule has 3 aromatic heterocycles. The number of hydrogen-bond donors (Lipinski definition) is 2. The van der Waals surface area contributed by atoms with Crippen LogP contribution in [0.5, 0.6) is 0 Å². The molecule has 2 aliphatic rings. The van der Waals surface area contributed by atoms with Gasteiger partial charge in [-0.2, -0.15) is 5.10 Å². The molecule has 2 N–H and O–H groups in total. The van der Waals surface area contributed by atoms with Gasteiger partial charge >= 0.3 is 0 Å². The van der Waals surface area contributed by atoms with E-state index in [1.54, 1.807) is 35.5 Å². The van der Waals surface area contributed by atoms with Gasteiger partial charge in [0.05, 0.1) is 41.2 Å². The average Bonchev–Trinajstić information content (AvgIpc) is 3.46. The maximum Gasteiger partial charge on any atom is 0.270 e. The van der Waals surface area contributed by atoms with Gasteiger partial charge in [0, 0.05) is 18.8 Å². The molecule has 9 heteroatoms. The minimum Gasteiger partial charge on any atom is -0.369 e. The molecule has 2 aliphatic heterocycles. The fraction of sp³-hybridized carbons (Fsp3) is 0.300. The molecule has 1 atom stereocenters. The third kappa shape index (κ3) is 3.43. The van der Waals surface area contributed by atoms with Crippen LogP contribution >= 0.6 is 11.3 Å². The number of amides is 2. The van der Waals surface area contributed by atoms with Crippen LogP contribution in [-0.4, -0.2) is 63.2 Å². The van der Waals surface area contributed by atoms with Gasteiger partial charge in [-0.1, -0.05) is 6.07 Å². The zero-order valence-electron chi connectivity index (χ0n) is 15.5. The molecule has 0 bridgehead atoms. The zero-order valence-corrected chi connectivity index (χ0v) is 16.3. The van der Waals surface area contributed by atoms with Gasteiger partial charge in [0.25, 0.3) is 11.8 Å². The number of likely N-dealkylation sites (tertiary alicyclic amines) is 1. The lowest BCUT2D eigenvalue weighted by molar-refractivity contribution is -0.0948. The van der Waals surface area contributed by atoms with Gasteiger partial charge in [-0.15, -0.1) is 11.3 Å². The number of aromatic nitrogens is 3. The Bertz CT molecular complexity index is 1030. The van der Waals surface area contributed by atoms with Crippen LogP contribution in [0.15, 0.2) is 48.8 Å². The van der Waals surface area contributed by atoms with E-state index in [-0.39, 0.29) is 23.5 Å². The average molecular weight is 409 g/mol. The van der Waals surface area contributed by atoms with Crippen molar-refractivity contribution in [1.29, 1.82) is 0 Å². The van der Waals surface area contributed by atoms with E-state index in [4.69, 9.17) is 4.74 Å². The monoisotopic (exact) mass is 409 g/mol. The van der Waals surface area contributed by atoms with Crippen molar-refractivity contribution in [2.24, 2.45) is 0 Å². The predicted octanol–water partition coefficient (Wildman–Crippen LogP) is 1.95. The molecule has 8 nitrogen and oxygen atoms in total. The van der Waals surface area contributed by atoms with Crippen LogP contribution in [0.3, 0.4) is 0 Å². The van der Waals surface area contributed by atoms with Crippen molar-refractivity contribution in [3.05, 3.63) is 59.4 Å². The second-order valence-corrected chi connectivity index (χ2v) is 8.46. The van der Waals surface area contributed by atoms with E-state index in [0.29, 0.717) is 36.7 Å². The number of thiophene rings is 1. The van der Waals surface area contributed by atoms with Crippen molar-refractivity contribution >= 4 is 23.2 Å². The standard InChI is InChI=1S/C20H19N5O3S/c26-18(15-3-1-2-7-21-15)23-13-9-20(28-10-13)11-25(12-20)19(27)17-5-4-16(29-17)14-6-8-22-24-14/h1-8,13H,9-12H2,(H,22,24)(H,23,26). The number of pyridine rings is 1. The quantitative estimate of drug-likeness (QED) is 0.686. The van der Waals surface area contributed by atoms with Gasteiger partial charge in [-0.25, -0.2) is 0 Å². The van der Waals surface area contributed by atoms with Gasteiger partial charge < -0.3 is 15.0 Å². The third-order valence-corrected chi connectivity index (χ3v) is 6.38. The van der Waals surface area contributed by atoms with E-state index in [2.05, 4.69) is 20.5 Å². The molecular formula is C20H19N5O3S. The summed E-state index contributed by atoms with van der Waals surface area (Å²) in [5.74, 6) is -0.190. The molecule has 0 aliphatic carbocycles. The Morgan fingerprint density at radius 3 is 2.86 bits per heavy atom. The van der Waals surface area contributed by atoms with Crippen molar-refractivity contribution in [2.75, 3.05) is 19.7 Å². The van der Waals surface area contributed by atoms with Crippen LogP contribution in [-0.2, 0) is 4.74 Å². The van der Waals surface area contributed by atoms with E-state index in [9.17, 15) is 9.59 Å². The second-order valence-electron chi connectivity index (χ2n) is 7.38. The molecular weight excluding hydrogens is 390 g/mol. The van der Waals surface area contributed by atoms with Gasteiger partial charge in [0.1, 0.15) is 11.3 Å². The van der Waals surface area contributed by atoms with Crippen molar-refractivity contribution < 1.29 is 14.3 Å². The minimum atomic E-state index is -0.360. The summed E-state index contributed by atoms with van der Waals surface area (Å²) in [6.07, 6.45) is 3.98. The Balaban J connectivity index is 1.17. The zero-order chi connectivity index (χ0) is 19.8. The van der Waals surface area contributed by atoms with Crippen LogP contribution in [0.2, 0.25) is 0 Å². The second kappa shape index (κ2) is 7.09. The highest BCUT2D eigenvalue weighted by Crippen LogP contribution is 2.37. The molecule has 2 saturated heterocycles. The van der Waals surface area contributed by atoms with Crippen LogP contribution in [0.25, 0.3) is 10.6 Å². The third-order valence-electron chi connectivity index (χ3n) is 5.27. The van der Waals surface area contributed by atoms with Crippen molar-refractivity contribution in [2.45, 2.75) is 18.1 Å². The lowest BCUT2D eigenvalue weighted by atomic mass is 9.89. The molecule has 3 aromatic rings. The fourth-order valence-corrected chi connectivity index (χ4v) is 4.80. The number of hydrogen-bond acceptors (Lipinski definition) is 6. The maximum absolute atomic E-state index is 12.8. The van der Waals surface area contributed by atoms with Crippen molar-refractivity contribution in [1.82, 2.24) is 25.4 Å². The molecule has 5 rings (SSSR count). The van der Waals surface area contributed by atoms with Gasteiger partial charge in [0.2, 0.25) is 0 Å². The number of nitrogens with one attached hydrogen (secondary N) is 2. The highest BCUT2D eigenvalue weighted by atomic mass is 32.1. The molecule has 2 amide bonds. The number of carbonyl (C=O) groups is 2. The number of nitrogens with zero attached hydrogens (tertiary/aromatic N) is 3. The van der Waals surface area contributed by atoms with E-state index in [0.717, 1.165) is 10.6 Å². The number of H-pyrrole nitrogens is 1. The topological polar surface area (TPSA) is 100 Å². The molecule has 0 radical (unpaired) electrons. The summed E-state index contributed by atoms with van der Waals surface area (Å²) >= 11 is 1.45. The highest BCUT2D eigenvalue weighted by molar-refractivity contribution is 7.17. The summed E-state index contributed by atoms with van der Waals surface area (Å²) in [5, 5.41) is 9.83. The first kappa shape index (κ1) is 18.0.